The molecule has 2 N–H and O–H groups in total. The van der Waals surface area contributed by atoms with Gasteiger partial charge in [0, 0.05) is 29.3 Å². The molecule has 6 heteroatoms. The highest BCUT2D eigenvalue weighted by atomic mass is 32.2. The number of nitrogens with one attached hydrogen (secondary N) is 2. The van der Waals surface area contributed by atoms with Gasteiger partial charge in [0.2, 0.25) is 5.91 Å². The Bertz CT molecular complexity index is 591. The molecular formula is C17H25N3O2S. The van der Waals surface area contributed by atoms with Crippen molar-refractivity contribution in [1.82, 2.24) is 10.2 Å². The minimum absolute atomic E-state index is 0.256. The Balaban J connectivity index is 1.87. The van der Waals surface area contributed by atoms with E-state index in [-0.39, 0.29) is 12.5 Å². The van der Waals surface area contributed by atoms with E-state index >= 15 is 0 Å². The Morgan fingerprint density at radius 2 is 2.04 bits per heavy atom. The quantitative estimate of drug-likeness (QED) is 0.892. The number of nitrogens with zero attached hydrogens (tertiary/aromatic N) is 1. The zero-order chi connectivity index (χ0) is 17.0. The number of carbonyl (C=O) groups excluding carboxylic acids is 2. The van der Waals surface area contributed by atoms with Gasteiger partial charge in [0.15, 0.2) is 0 Å². The van der Waals surface area contributed by atoms with E-state index in [1.54, 1.807) is 0 Å². The second-order valence-electron chi connectivity index (χ2n) is 6.04. The maximum absolute atomic E-state index is 12.1. The van der Waals surface area contributed by atoms with Gasteiger partial charge in [-0.1, -0.05) is 19.1 Å². The van der Waals surface area contributed by atoms with Crippen molar-refractivity contribution in [2.75, 3.05) is 24.2 Å². The molecule has 0 radical (unpaired) electrons. The average molecular weight is 335 g/mol. The third kappa shape index (κ3) is 4.72. The number of thioether (sulfide) groups is 1. The summed E-state index contributed by atoms with van der Waals surface area (Å²) in [5, 5.41) is 5.67. The second-order valence-corrected chi connectivity index (χ2v) is 7.52. The number of amides is 3. The average Bonchev–Trinajstić information content (AvgIpc) is 2.48. The van der Waals surface area contributed by atoms with Crippen LogP contribution in [-0.4, -0.2) is 47.0 Å². The van der Waals surface area contributed by atoms with Crippen LogP contribution in [0.4, 0.5) is 10.5 Å². The van der Waals surface area contributed by atoms with Crippen molar-refractivity contribution in [1.29, 1.82) is 0 Å². The first-order valence-electron chi connectivity index (χ1n) is 7.91. The SMILES string of the molecule is Cc1cccc(NC(=O)NC(=O)CN2CCSC(C)C2C)c1C. The van der Waals surface area contributed by atoms with Gasteiger partial charge in [0.1, 0.15) is 0 Å². The van der Waals surface area contributed by atoms with Crippen molar-refractivity contribution in [3.05, 3.63) is 29.3 Å². The largest absolute Gasteiger partial charge is 0.325 e. The van der Waals surface area contributed by atoms with Gasteiger partial charge in [0.25, 0.3) is 0 Å². The molecule has 2 rings (SSSR count). The molecule has 23 heavy (non-hydrogen) atoms. The first-order valence-corrected chi connectivity index (χ1v) is 8.96. The number of hydrogen-bond acceptors (Lipinski definition) is 4. The zero-order valence-electron chi connectivity index (χ0n) is 14.2. The van der Waals surface area contributed by atoms with Crippen LogP contribution in [0.1, 0.15) is 25.0 Å². The van der Waals surface area contributed by atoms with Gasteiger partial charge in [-0.15, -0.1) is 0 Å². The summed E-state index contributed by atoms with van der Waals surface area (Å²) in [7, 11) is 0. The molecule has 126 valence electrons. The summed E-state index contributed by atoms with van der Waals surface area (Å²) in [5.41, 5.74) is 2.83. The first kappa shape index (κ1) is 17.8. The molecule has 1 heterocycles. The number of benzene rings is 1. The Kier molecular flexibility index (Phi) is 6.07. The van der Waals surface area contributed by atoms with Gasteiger partial charge < -0.3 is 5.32 Å². The standard InChI is InChI=1S/C17H25N3O2S/c1-11-6-5-7-15(12(11)2)18-17(22)19-16(21)10-20-8-9-23-14(4)13(20)3/h5-7,13-14H,8-10H2,1-4H3,(H2,18,19,21,22). The third-order valence-electron chi connectivity index (χ3n) is 4.47. The van der Waals surface area contributed by atoms with E-state index in [1.165, 1.54) is 0 Å². The maximum atomic E-state index is 12.1. The molecule has 2 unspecified atom stereocenters. The molecule has 0 saturated carbocycles. The number of anilines is 1. The minimum Gasteiger partial charge on any atom is -0.307 e. The Hall–Kier alpha value is -1.53. The van der Waals surface area contributed by atoms with Gasteiger partial charge in [-0.2, -0.15) is 11.8 Å². The number of aryl methyl sites for hydroxylation is 1. The van der Waals surface area contributed by atoms with Crippen molar-refractivity contribution < 1.29 is 9.59 Å². The van der Waals surface area contributed by atoms with E-state index in [9.17, 15) is 9.59 Å². The van der Waals surface area contributed by atoms with Crippen molar-refractivity contribution in [3.8, 4) is 0 Å². The minimum atomic E-state index is -0.476. The molecule has 1 fully saturated rings. The van der Waals surface area contributed by atoms with Crippen molar-refractivity contribution >= 4 is 29.4 Å². The highest BCUT2D eigenvalue weighted by molar-refractivity contribution is 8.00. The predicted octanol–water partition coefficient (Wildman–Crippen LogP) is 2.78. The summed E-state index contributed by atoms with van der Waals surface area (Å²) in [6, 6.07) is 5.56. The van der Waals surface area contributed by atoms with E-state index < -0.39 is 6.03 Å². The lowest BCUT2D eigenvalue weighted by Gasteiger charge is -2.36. The summed E-state index contributed by atoms with van der Waals surface area (Å²) < 4.78 is 0. The van der Waals surface area contributed by atoms with Gasteiger partial charge >= 0.3 is 6.03 Å². The summed E-state index contributed by atoms with van der Waals surface area (Å²) in [6.07, 6.45) is 0. The smallest absolute Gasteiger partial charge is 0.307 e. The molecule has 1 saturated heterocycles. The van der Waals surface area contributed by atoms with Crippen molar-refractivity contribution in [2.24, 2.45) is 0 Å². The number of hydrogen-bond donors (Lipinski definition) is 2. The van der Waals surface area contributed by atoms with Gasteiger partial charge in [-0.25, -0.2) is 4.79 Å². The molecule has 0 aromatic heterocycles. The molecule has 0 spiro atoms. The van der Waals surface area contributed by atoms with Crippen LogP contribution in [-0.2, 0) is 4.79 Å². The lowest BCUT2D eigenvalue weighted by molar-refractivity contribution is -0.121. The van der Waals surface area contributed by atoms with Crippen LogP contribution in [0, 0.1) is 13.8 Å². The topological polar surface area (TPSA) is 61.4 Å². The molecular weight excluding hydrogens is 310 g/mol. The maximum Gasteiger partial charge on any atom is 0.325 e. The van der Waals surface area contributed by atoms with Crippen LogP contribution in [0.2, 0.25) is 0 Å². The fourth-order valence-electron chi connectivity index (χ4n) is 2.61. The van der Waals surface area contributed by atoms with Crippen molar-refractivity contribution in [3.63, 3.8) is 0 Å². The summed E-state index contributed by atoms with van der Waals surface area (Å²) in [4.78, 5) is 26.2. The number of imide groups is 1. The molecule has 1 aliphatic heterocycles. The highest BCUT2D eigenvalue weighted by Crippen LogP contribution is 2.23. The van der Waals surface area contributed by atoms with Crippen LogP contribution in [0.25, 0.3) is 0 Å². The molecule has 2 atom stereocenters. The molecule has 1 aromatic rings. The van der Waals surface area contributed by atoms with Gasteiger partial charge in [-0.3, -0.25) is 15.0 Å². The molecule has 1 aromatic carbocycles. The lowest BCUT2D eigenvalue weighted by Crippen LogP contribution is -2.50. The number of carbonyl (C=O) groups is 2. The molecule has 3 amide bonds. The van der Waals surface area contributed by atoms with Crippen LogP contribution in [0.3, 0.4) is 0 Å². The van der Waals surface area contributed by atoms with Gasteiger partial charge in [0.05, 0.1) is 6.54 Å². The summed E-state index contributed by atoms with van der Waals surface area (Å²) in [6.45, 7) is 9.36. The molecule has 5 nitrogen and oxygen atoms in total. The normalized spacial score (nSPS) is 21.7. The van der Waals surface area contributed by atoms with E-state index in [4.69, 9.17) is 0 Å². The van der Waals surface area contributed by atoms with E-state index in [0.717, 1.165) is 29.1 Å². The summed E-state index contributed by atoms with van der Waals surface area (Å²) >= 11 is 1.92. The lowest BCUT2D eigenvalue weighted by atomic mass is 10.1. The van der Waals surface area contributed by atoms with Crippen LogP contribution >= 0.6 is 11.8 Å². The zero-order valence-corrected chi connectivity index (χ0v) is 15.0. The highest BCUT2D eigenvalue weighted by Gasteiger charge is 2.26. The Morgan fingerprint density at radius 3 is 2.78 bits per heavy atom. The molecule has 1 aliphatic rings. The van der Waals surface area contributed by atoms with Crippen LogP contribution in [0.15, 0.2) is 18.2 Å². The first-order chi connectivity index (χ1) is 10.9. The molecule has 0 aliphatic carbocycles. The van der Waals surface area contributed by atoms with Crippen molar-refractivity contribution in [2.45, 2.75) is 39.0 Å². The fraction of sp³-hybridized carbons (Fsp3) is 0.529. The third-order valence-corrected chi connectivity index (χ3v) is 5.80. The predicted molar refractivity (Wildman–Crippen MR) is 96.0 cm³/mol. The molecule has 0 bridgehead atoms. The Morgan fingerprint density at radius 1 is 1.30 bits per heavy atom. The van der Waals surface area contributed by atoms with Gasteiger partial charge in [-0.05, 0) is 38.0 Å². The van der Waals surface area contributed by atoms with Crippen LogP contribution in [0.5, 0.6) is 0 Å². The van der Waals surface area contributed by atoms with Crippen LogP contribution < -0.4 is 10.6 Å². The van der Waals surface area contributed by atoms with E-state index in [1.807, 2.05) is 43.8 Å². The summed E-state index contributed by atoms with van der Waals surface area (Å²) in [5.74, 6) is 0.756. The second kappa shape index (κ2) is 7.84. The fourth-order valence-corrected chi connectivity index (χ4v) is 3.77. The van der Waals surface area contributed by atoms with E-state index in [0.29, 0.717) is 11.3 Å². The van der Waals surface area contributed by atoms with E-state index in [2.05, 4.69) is 29.4 Å². The number of urea groups is 1. The monoisotopic (exact) mass is 335 g/mol. The Labute approximate surface area is 142 Å². The number of rotatable bonds is 3.